The lowest BCUT2D eigenvalue weighted by atomic mass is 10.1. The van der Waals surface area contributed by atoms with Crippen LogP contribution in [-0.4, -0.2) is 31.2 Å². The zero-order chi connectivity index (χ0) is 9.86. The number of alkyl halides is 1. The van der Waals surface area contributed by atoms with Crippen molar-refractivity contribution in [3.63, 3.8) is 0 Å². The van der Waals surface area contributed by atoms with Crippen LogP contribution in [0.25, 0.3) is 0 Å². The van der Waals surface area contributed by atoms with Gasteiger partial charge in [-0.1, -0.05) is 0 Å². The summed E-state index contributed by atoms with van der Waals surface area (Å²) in [6.07, 6.45) is 5.13. The molecule has 0 aromatic rings. The maximum absolute atomic E-state index is 5.83. The van der Waals surface area contributed by atoms with Crippen LogP contribution in [0.15, 0.2) is 0 Å². The molecule has 0 N–H and O–H groups in total. The predicted octanol–water partition coefficient (Wildman–Crippen LogP) is 2.28. The van der Waals surface area contributed by atoms with E-state index in [9.17, 15) is 0 Å². The second-order valence-electron chi connectivity index (χ2n) is 3.84. The third-order valence-electron chi connectivity index (χ3n) is 2.72. The molecule has 1 spiro atoms. The van der Waals surface area contributed by atoms with Crippen LogP contribution in [0.5, 0.6) is 0 Å². The number of hydrogen-bond donors (Lipinski definition) is 0. The molecule has 2 saturated heterocycles. The zero-order valence-corrected chi connectivity index (χ0v) is 9.09. The third kappa shape index (κ3) is 2.40. The molecule has 82 valence electrons. The van der Waals surface area contributed by atoms with Crippen molar-refractivity contribution in [1.29, 1.82) is 0 Å². The average Bonchev–Trinajstić information content (AvgIpc) is 2.63. The third-order valence-corrected chi connectivity index (χ3v) is 2.98. The monoisotopic (exact) mass is 220 g/mol. The predicted molar refractivity (Wildman–Crippen MR) is 53.3 cm³/mol. The normalized spacial score (nSPS) is 37.9. The molecule has 2 heterocycles. The molecule has 2 atom stereocenters. The van der Waals surface area contributed by atoms with Crippen LogP contribution in [0.4, 0.5) is 0 Å². The van der Waals surface area contributed by atoms with Crippen LogP contribution in [0.1, 0.15) is 32.1 Å². The minimum absolute atomic E-state index is 0.264. The molecular formula is C10H17ClO3. The zero-order valence-electron chi connectivity index (χ0n) is 8.34. The van der Waals surface area contributed by atoms with E-state index in [1.165, 1.54) is 0 Å². The molecule has 3 nitrogen and oxygen atoms in total. The Morgan fingerprint density at radius 2 is 2.14 bits per heavy atom. The van der Waals surface area contributed by atoms with E-state index in [0.717, 1.165) is 45.3 Å². The Morgan fingerprint density at radius 3 is 2.86 bits per heavy atom. The SMILES string of the molecule is ClCCCC1CCOC2(CCCO2)O1. The summed E-state index contributed by atoms with van der Waals surface area (Å²) < 4.78 is 16.9. The molecule has 0 saturated carbocycles. The van der Waals surface area contributed by atoms with Crippen LogP contribution in [0.3, 0.4) is 0 Å². The van der Waals surface area contributed by atoms with E-state index in [2.05, 4.69) is 0 Å². The van der Waals surface area contributed by atoms with Gasteiger partial charge in [0.1, 0.15) is 0 Å². The molecule has 0 radical (unpaired) electrons. The van der Waals surface area contributed by atoms with E-state index in [4.69, 9.17) is 25.8 Å². The number of hydrogen-bond acceptors (Lipinski definition) is 3. The van der Waals surface area contributed by atoms with Crippen LogP contribution in [0.2, 0.25) is 0 Å². The van der Waals surface area contributed by atoms with Gasteiger partial charge in [0.15, 0.2) is 0 Å². The van der Waals surface area contributed by atoms with Crippen molar-refractivity contribution in [3.05, 3.63) is 0 Å². The average molecular weight is 221 g/mol. The summed E-state index contributed by atoms with van der Waals surface area (Å²) in [5.41, 5.74) is 0. The van der Waals surface area contributed by atoms with Crippen molar-refractivity contribution in [2.24, 2.45) is 0 Å². The highest BCUT2D eigenvalue weighted by atomic mass is 35.5. The smallest absolute Gasteiger partial charge is 0.283 e. The molecule has 2 rings (SSSR count). The van der Waals surface area contributed by atoms with Crippen molar-refractivity contribution >= 4 is 11.6 Å². The first-order valence-corrected chi connectivity index (χ1v) is 5.90. The summed E-state index contributed by atoms with van der Waals surface area (Å²) in [6.45, 7) is 1.50. The fourth-order valence-corrected chi connectivity index (χ4v) is 2.15. The van der Waals surface area contributed by atoms with E-state index < -0.39 is 5.97 Å². The molecular weight excluding hydrogens is 204 g/mol. The van der Waals surface area contributed by atoms with Gasteiger partial charge in [-0.05, 0) is 25.7 Å². The van der Waals surface area contributed by atoms with Crippen LogP contribution in [-0.2, 0) is 14.2 Å². The van der Waals surface area contributed by atoms with Crippen molar-refractivity contribution in [2.45, 2.75) is 44.2 Å². The molecule has 14 heavy (non-hydrogen) atoms. The van der Waals surface area contributed by atoms with Gasteiger partial charge in [-0.3, -0.25) is 0 Å². The van der Waals surface area contributed by atoms with Gasteiger partial charge in [-0.25, -0.2) is 0 Å². The van der Waals surface area contributed by atoms with Crippen molar-refractivity contribution in [2.75, 3.05) is 19.1 Å². The van der Waals surface area contributed by atoms with E-state index in [-0.39, 0.29) is 6.10 Å². The summed E-state index contributed by atoms with van der Waals surface area (Å²) in [5, 5.41) is 0. The number of rotatable bonds is 3. The highest BCUT2D eigenvalue weighted by Crippen LogP contribution is 2.34. The minimum Gasteiger partial charge on any atom is -0.327 e. The standard InChI is InChI=1S/C10H17ClO3/c11-6-1-3-9-4-8-13-10(14-9)5-2-7-12-10/h9H,1-8H2. The molecule has 0 bridgehead atoms. The van der Waals surface area contributed by atoms with E-state index in [1.807, 2.05) is 0 Å². The van der Waals surface area contributed by atoms with Crippen LogP contribution in [0, 0.1) is 0 Å². The first-order chi connectivity index (χ1) is 6.85. The fraction of sp³-hybridized carbons (Fsp3) is 1.00. The van der Waals surface area contributed by atoms with E-state index >= 15 is 0 Å². The highest BCUT2D eigenvalue weighted by molar-refractivity contribution is 6.17. The Bertz CT molecular complexity index is 180. The van der Waals surface area contributed by atoms with E-state index in [0.29, 0.717) is 5.88 Å². The lowest BCUT2D eigenvalue weighted by molar-refractivity contribution is -0.398. The topological polar surface area (TPSA) is 27.7 Å². The van der Waals surface area contributed by atoms with Gasteiger partial charge in [0, 0.05) is 12.3 Å². The van der Waals surface area contributed by atoms with Gasteiger partial charge in [0.05, 0.1) is 19.3 Å². The van der Waals surface area contributed by atoms with Gasteiger partial charge < -0.3 is 14.2 Å². The molecule has 2 fully saturated rings. The number of halogens is 1. The Kier molecular flexibility index (Phi) is 3.66. The lowest BCUT2D eigenvalue weighted by Crippen LogP contribution is -2.44. The van der Waals surface area contributed by atoms with Gasteiger partial charge in [-0.2, -0.15) is 0 Å². The molecule has 0 aromatic heterocycles. The summed E-state index contributed by atoms with van der Waals surface area (Å²) in [5.74, 6) is 0.00377. The number of ether oxygens (including phenoxy) is 3. The molecule has 2 aliphatic heterocycles. The molecule has 0 aromatic carbocycles. The molecule has 0 amide bonds. The summed E-state index contributed by atoms with van der Waals surface area (Å²) in [4.78, 5) is 0. The Morgan fingerprint density at radius 1 is 1.29 bits per heavy atom. The van der Waals surface area contributed by atoms with Gasteiger partial charge >= 0.3 is 0 Å². The summed E-state index contributed by atoms with van der Waals surface area (Å²) in [6, 6.07) is 0. The second kappa shape index (κ2) is 4.79. The first kappa shape index (κ1) is 10.7. The van der Waals surface area contributed by atoms with E-state index in [1.54, 1.807) is 0 Å². The van der Waals surface area contributed by atoms with Crippen LogP contribution < -0.4 is 0 Å². The second-order valence-corrected chi connectivity index (χ2v) is 4.22. The van der Waals surface area contributed by atoms with Gasteiger partial charge in [-0.15, -0.1) is 11.6 Å². The molecule has 2 unspecified atom stereocenters. The Balaban J connectivity index is 1.83. The fourth-order valence-electron chi connectivity index (χ4n) is 2.00. The van der Waals surface area contributed by atoms with Gasteiger partial charge in [0.25, 0.3) is 5.97 Å². The summed E-state index contributed by atoms with van der Waals surface area (Å²) in [7, 11) is 0. The van der Waals surface area contributed by atoms with Crippen LogP contribution >= 0.6 is 11.6 Å². The lowest BCUT2D eigenvalue weighted by Gasteiger charge is -2.37. The Hall–Kier alpha value is 0.170. The van der Waals surface area contributed by atoms with Crippen molar-refractivity contribution in [1.82, 2.24) is 0 Å². The maximum Gasteiger partial charge on any atom is 0.283 e. The van der Waals surface area contributed by atoms with Crippen molar-refractivity contribution in [3.8, 4) is 0 Å². The first-order valence-electron chi connectivity index (χ1n) is 5.36. The van der Waals surface area contributed by atoms with Gasteiger partial charge in [0.2, 0.25) is 0 Å². The molecule has 4 heteroatoms. The molecule has 0 aliphatic carbocycles. The minimum atomic E-state index is -0.699. The summed E-state index contributed by atoms with van der Waals surface area (Å²) >= 11 is 5.65. The largest absolute Gasteiger partial charge is 0.327 e. The van der Waals surface area contributed by atoms with Crippen molar-refractivity contribution < 1.29 is 14.2 Å². The Labute approximate surface area is 89.7 Å². The highest BCUT2D eigenvalue weighted by Gasteiger charge is 2.42. The maximum atomic E-state index is 5.83. The molecule has 2 aliphatic rings. The quantitative estimate of drug-likeness (QED) is 0.683.